The summed E-state index contributed by atoms with van der Waals surface area (Å²) in [6.07, 6.45) is 0. The lowest BCUT2D eigenvalue weighted by atomic mass is 10.1. The summed E-state index contributed by atoms with van der Waals surface area (Å²) in [6.45, 7) is 4.51. The van der Waals surface area contributed by atoms with Crippen molar-refractivity contribution in [3.05, 3.63) is 58.1 Å². The zero-order valence-corrected chi connectivity index (χ0v) is 13.7. The average Bonchev–Trinajstić information content (AvgIpc) is 2.57. The summed E-state index contributed by atoms with van der Waals surface area (Å²) in [5.74, 6) is 0.615. The first kappa shape index (κ1) is 15.5. The first-order valence-corrected chi connectivity index (χ1v) is 8.11. The molecule has 0 unspecified atom stereocenters. The number of piperazine rings is 1. The molecule has 1 heterocycles. The minimum Gasteiger partial charge on any atom is -0.487 e. The van der Waals surface area contributed by atoms with Crippen LogP contribution in [0.5, 0.6) is 5.75 Å². The lowest BCUT2D eigenvalue weighted by molar-refractivity contribution is 0.306. The van der Waals surface area contributed by atoms with E-state index in [2.05, 4.69) is 28.4 Å². The van der Waals surface area contributed by atoms with Crippen LogP contribution in [0.1, 0.15) is 5.56 Å². The van der Waals surface area contributed by atoms with Crippen LogP contribution in [0.3, 0.4) is 0 Å². The minimum atomic E-state index is 0.462. The maximum absolute atomic E-state index is 6.17. The summed E-state index contributed by atoms with van der Waals surface area (Å²) in [4.78, 5) is 2.38. The molecule has 0 amide bonds. The van der Waals surface area contributed by atoms with E-state index < -0.39 is 0 Å². The van der Waals surface area contributed by atoms with E-state index in [9.17, 15) is 0 Å². The van der Waals surface area contributed by atoms with Gasteiger partial charge in [0.1, 0.15) is 17.4 Å². The standard InChI is InChI=1S/C17H18Cl2N2O/c18-14-5-3-7-16(17(14)19)22-12-13-4-1-2-6-15(13)21-10-8-20-9-11-21/h1-7,20H,8-12H2. The number of ether oxygens (including phenoxy) is 1. The highest BCUT2D eigenvalue weighted by molar-refractivity contribution is 6.42. The maximum atomic E-state index is 6.17. The lowest BCUT2D eigenvalue weighted by Crippen LogP contribution is -2.43. The molecule has 0 radical (unpaired) electrons. The van der Waals surface area contributed by atoms with Crippen LogP contribution in [0.2, 0.25) is 10.0 Å². The molecule has 1 aliphatic heterocycles. The fourth-order valence-corrected chi connectivity index (χ4v) is 2.94. The fourth-order valence-electron chi connectivity index (χ4n) is 2.60. The largest absolute Gasteiger partial charge is 0.487 e. The fraction of sp³-hybridized carbons (Fsp3) is 0.294. The Balaban J connectivity index is 1.76. The second-order valence-corrected chi connectivity index (χ2v) is 5.99. The van der Waals surface area contributed by atoms with Crippen LogP contribution in [-0.4, -0.2) is 26.2 Å². The Kier molecular flexibility index (Phi) is 5.08. The third kappa shape index (κ3) is 3.49. The highest BCUT2D eigenvalue weighted by atomic mass is 35.5. The van der Waals surface area contributed by atoms with Gasteiger partial charge in [0.2, 0.25) is 0 Å². The summed E-state index contributed by atoms with van der Waals surface area (Å²) in [6, 6.07) is 13.8. The van der Waals surface area contributed by atoms with Gasteiger partial charge in [-0.05, 0) is 18.2 Å². The zero-order chi connectivity index (χ0) is 15.4. The molecule has 0 spiro atoms. The van der Waals surface area contributed by atoms with Crippen LogP contribution in [0.15, 0.2) is 42.5 Å². The number of para-hydroxylation sites is 1. The second kappa shape index (κ2) is 7.23. The number of benzene rings is 2. The molecule has 1 N–H and O–H groups in total. The first-order valence-electron chi connectivity index (χ1n) is 7.36. The lowest BCUT2D eigenvalue weighted by Gasteiger charge is -2.31. The molecule has 1 saturated heterocycles. The number of anilines is 1. The molecule has 2 aromatic carbocycles. The Morgan fingerprint density at radius 3 is 2.59 bits per heavy atom. The monoisotopic (exact) mass is 336 g/mol. The van der Waals surface area contributed by atoms with E-state index in [0.717, 1.165) is 31.7 Å². The van der Waals surface area contributed by atoms with Crippen LogP contribution >= 0.6 is 23.2 Å². The van der Waals surface area contributed by atoms with E-state index in [4.69, 9.17) is 27.9 Å². The Hall–Kier alpha value is -1.42. The van der Waals surface area contributed by atoms with Gasteiger partial charge in [-0.3, -0.25) is 0 Å². The highest BCUT2D eigenvalue weighted by Crippen LogP contribution is 2.32. The summed E-state index contributed by atoms with van der Waals surface area (Å²) < 4.78 is 5.88. The molecule has 22 heavy (non-hydrogen) atoms. The van der Waals surface area contributed by atoms with Crippen molar-refractivity contribution >= 4 is 28.9 Å². The maximum Gasteiger partial charge on any atom is 0.139 e. The van der Waals surface area contributed by atoms with Crippen LogP contribution in [0.4, 0.5) is 5.69 Å². The molecule has 3 nitrogen and oxygen atoms in total. The first-order chi connectivity index (χ1) is 10.8. The predicted octanol–water partition coefficient (Wildman–Crippen LogP) is 3.98. The Labute approximate surface area is 140 Å². The van der Waals surface area contributed by atoms with E-state index in [1.54, 1.807) is 6.07 Å². The van der Waals surface area contributed by atoms with Gasteiger partial charge < -0.3 is 15.0 Å². The quantitative estimate of drug-likeness (QED) is 0.913. The number of nitrogens with zero attached hydrogens (tertiary/aromatic N) is 1. The third-order valence-electron chi connectivity index (χ3n) is 3.75. The summed E-state index contributed by atoms with van der Waals surface area (Å²) >= 11 is 12.2. The molecule has 0 aromatic heterocycles. The normalized spacial score (nSPS) is 14.9. The molecular weight excluding hydrogens is 319 g/mol. The molecule has 0 atom stereocenters. The van der Waals surface area contributed by atoms with Gasteiger partial charge in [-0.15, -0.1) is 0 Å². The topological polar surface area (TPSA) is 24.5 Å². The number of hydrogen-bond acceptors (Lipinski definition) is 3. The third-order valence-corrected chi connectivity index (χ3v) is 4.55. The van der Waals surface area contributed by atoms with Crippen molar-refractivity contribution in [1.29, 1.82) is 0 Å². The van der Waals surface area contributed by atoms with Crippen molar-refractivity contribution in [3.63, 3.8) is 0 Å². The van der Waals surface area contributed by atoms with Gasteiger partial charge in [0.15, 0.2) is 0 Å². The molecular formula is C17H18Cl2N2O. The van der Waals surface area contributed by atoms with E-state index in [-0.39, 0.29) is 0 Å². The summed E-state index contributed by atoms with van der Waals surface area (Å²) in [5, 5.41) is 4.34. The van der Waals surface area contributed by atoms with E-state index in [1.807, 2.05) is 18.2 Å². The Bertz CT molecular complexity index is 642. The number of nitrogens with one attached hydrogen (secondary N) is 1. The molecule has 5 heteroatoms. The Morgan fingerprint density at radius 2 is 1.77 bits per heavy atom. The van der Waals surface area contributed by atoms with Crippen LogP contribution in [-0.2, 0) is 6.61 Å². The summed E-state index contributed by atoms with van der Waals surface area (Å²) in [7, 11) is 0. The van der Waals surface area contributed by atoms with Crippen LogP contribution in [0, 0.1) is 0 Å². The van der Waals surface area contributed by atoms with Gasteiger partial charge in [-0.25, -0.2) is 0 Å². The molecule has 1 fully saturated rings. The van der Waals surface area contributed by atoms with Crippen molar-refractivity contribution in [2.24, 2.45) is 0 Å². The SMILES string of the molecule is Clc1cccc(OCc2ccccc2N2CCNCC2)c1Cl. The number of rotatable bonds is 4. The Morgan fingerprint density at radius 1 is 1.00 bits per heavy atom. The minimum absolute atomic E-state index is 0.462. The molecule has 0 bridgehead atoms. The zero-order valence-electron chi connectivity index (χ0n) is 12.2. The number of hydrogen-bond donors (Lipinski definition) is 1. The molecule has 3 rings (SSSR count). The molecule has 0 saturated carbocycles. The average molecular weight is 337 g/mol. The molecule has 116 valence electrons. The van der Waals surface area contributed by atoms with E-state index >= 15 is 0 Å². The van der Waals surface area contributed by atoms with Gasteiger partial charge >= 0.3 is 0 Å². The van der Waals surface area contributed by atoms with Gasteiger partial charge in [0.25, 0.3) is 0 Å². The number of halogens is 2. The van der Waals surface area contributed by atoms with Crippen LogP contribution in [0.25, 0.3) is 0 Å². The van der Waals surface area contributed by atoms with Crippen molar-refractivity contribution in [2.45, 2.75) is 6.61 Å². The van der Waals surface area contributed by atoms with Crippen molar-refractivity contribution in [1.82, 2.24) is 5.32 Å². The van der Waals surface area contributed by atoms with Gasteiger partial charge in [-0.2, -0.15) is 0 Å². The van der Waals surface area contributed by atoms with Crippen LogP contribution < -0.4 is 15.0 Å². The molecule has 0 aliphatic carbocycles. The van der Waals surface area contributed by atoms with Crippen molar-refractivity contribution in [2.75, 3.05) is 31.1 Å². The highest BCUT2D eigenvalue weighted by Gasteiger charge is 2.14. The molecule has 2 aromatic rings. The second-order valence-electron chi connectivity index (χ2n) is 5.21. The smallest absolute Gasteiger partial charge is 0.139 e. The van der Waals surface area contributed by atoms with E-state index in [1.165, 1.54) is 5.69 Å². The summed E-state index contributed by atoms with van der Waals surface area (Å²) in [5.41, 5.74) is 2.38. The van der Waals surface area contributed by atoms with E-state index in [0.29, 0.717) is 22.4 Å². The van der Waals surface area contributed by atoms with Crippen molar-refractivity contribution < 1.29 is 4.74 Å². The van der Waals surface area contributed by atoms with Crippen molar-refractivity contribution in [3.8, 4) is 5.75 Å². The van der Waals surface area contributed by atoms with Gasteiger partial charge in [0.05, 0.1) is 5.02 Å². The van der Waals surface area contributed by atoms with Gasteiger partial charge in [-0.1, -0.05) is 47.5 Å². The predicted molar refractivity (Wildman–Crippen MR) is 92.3 cm³/mol. The van der Waals surface area contributed by atoms with Gasteiger partial charge in [0, 0.05) is 37.4 Å². The molecule has 1 aliphatic rings.